The molecule has 3 heterocycles. The number of aromatic nitrogens is 4. The molecule has 2 aromatic heterocycles. The van der Waals surface area contributed by atoms with Gasteiger partial charge >= 0.3 is 0 Å². The second kappa shape index (κ2) is 10.0. The Morgan fingerprint density at radius 2 is 1.97 bits per heavy atom. The molecule has 0 bridgehead atoms. The van der Waals surface area contributed by atoms with Gasteiger partial charge in [-0.05, 0) is 37.8 Å². The van der Waals surface area contributed by atoms with Crippen LogP contribution in [0.5, 0.6) is 11.5 Å². The van der Waals surface area contributed by atoms with Gasteiger partial charge in [-0.2, -0.15) is 5.10 Å². The largest absolute Gasteiger partial charge is 0.497 e. The molecule has 1 aliphatic heterocycles. The van der Waals surface area contributed by atoms with Crippen molar-refractivity contribution in [3.05, 3.63) is 35.8 Å². The van der Waals surface area contributed by atoms with Crippen LogP contribution in [0.1, 0.15) is 31.0 Å². The molecular weight excluding hydrogens is 404 g/mol. The molecule has 1 fully saturated rings. The van der Waals surface area contributed by atoms with Gasteiger partial charge in [0.25, 0.3) is 0 Å². The Balaban J connectivity index is 1.65. The van der Waals surface area contributed by atoms with E-state index in [2.05, 4.69) is 54.1 Å². The summed E-state index contributed by atoms with van der Waals surface area (Å²) in [5, 5.41) is 11.7. The van der Waals surface area contributed by atoms with Crippen LogP contribution in [0.2, 0.25) is 0 Å². The fourth-order valence-electron chi connectivity index (χ4n) is 3.80. The summed E-state index contributed by atoms with van der Waals surface area (Å²) in [5.74, 6) is 14.6. The van der Waals surface area contributed by atoms with Crippen LogP contribution in [0.3, 0.4) is 0 Å². The van der Waals surface area contributed by atoms with Gasteiger partial charge in [0.2, 0.25) is 0 Å². The molecule has 0 unspecified atom stereocenters. The van der Waals surface area contributed by atoms with Crippen molar-refractivity contribution in [1.82, 2.24) is 25.5 Å². The molecule has 1 aliphatic rings. The second-order valence-electron chi connectivity index (χ2n) is 7.44. The maximum atomic E-state index is 5.34. The maximum Gasteiger partial charge on any atom is 0.162 e. The number of anilines is 1. The third kappa shape index (κ3) is 4.77. The average molecular weight is 431 g/mol. The molecule has 164 valence electrons. The molecule has 8 heteroatoms. The predicted molar refractivity (Wildman–Crippen MR) is 124 cm³/mol. The van der Waals surface area contributed by atoms with Crippen molar-refractivity contribution in [3.63, 3.8) is 0 Å². The van der Waals surface area contributed by atoms with Crippen LogP contribution in [0.15, 0.2) is 24.5 Å². The second-order valence-corrected chi connectivity index (χ2v) is 7.44. The minimum absolute atomic E-state index is 0.361. The molecule has 3 aromatic rings. The van der Waals surface area contributed by atoms with E-state index in [1.54, 1.807) is 20.5 Å². The number of hydrogen-bond acceptors (Lipinski definition) is 7. The standard InChI is InChI=1S/C24H26N6O2/c1-4-5-10-25-18-7-6-11-30(15-18)24-22-21(28-29-23(22)26-16-27-24)9-8-17-12-19(31-2)14-20(13-17)32-3/h12-14,16,18,25H,6-7,10-11,15H2,1-3H3,(H,26,27,28,29)/t18-/m0/s1. The fourth-order valence-corrected chi connectivity index (χ4v) is 3.80. The molecule has 0 radical (unpaired) electrons. The highest BCUT2D eigenvalue weighted by atomic mass is 16.5. The first-order valence-corrected chi connectivity index (χ1v) is 10.5. The molecule has 32 heavy (non-hydrogen) atoms. The van der Waals surface area contributed by atoms with Gasteiger partial charge in [0.15, 0.2) is 5.65 Å². The number of piperidine rings is 1. The van der Waals surface area contributed by atoms with Crippen molar-refractivity contribution in [2.75, 3.05) is 38.8 Å². The van der Waals surface area contributed by atoms with Crippen molar-refractivity contribution in [3.8, 4) is 35.2 Å². The van der Waals surface area contributed by atoms with E-state index in [1.165, 1.54) is 0 Å². The SMILES string of the molecule is CC#CCN[C@H]1CCCN(c2ncnc3[nH]nc(C#Cc4cc(OC)cc(OC)c4)c23)C1. The highest BCUT2D eigenvalue weighted by molar-refractivity contribution is 5.91. The number of methoxy groups -OCH3 is 2. The van der Waals surface area contributed by atoms with Crippen LogP contribution in [-0.2, 0) is 0 Å². The van der Waals surface area contributed by atoms with Gasteiger partial charge in [-0.15, -0.1) is 5.92 Å². The lowest BCUT2D eigenvalue weighted by Gasteiger charge is -2.34. The summed E-state index contributed by atoms with van der Waals surface area (Å²) in [6.07, 6.45) is 3.76. The Kier molecular flexibility index (Phi) is 6.74. The quantitative estimate of drug-likeness (QED) is 0.601. The topological polar surface area (TPSA) is 88.2 Å². The number of fused-ring (bicyclic) bond motifs is 1. The number of nitrogens with zero attached hydrogens (tertiary/aromatic N) is 4. The lowest BCUT2D eigenvalue weighted by Crippen LogP contribution is -2.46. The minimum Gasteiger partial charge on any atom is -0.497 e. The van der Waals surface area contributed by atoms with Crippen LogP contribution >= 0.6 is 0 Å². The monoisotopic (exact) mass is 430 g/mol. The predicted octanol–water partition coefficient (Wildman–Crippen LogP) is 2.35. The van der Waals surface area contributed by atoms with E-state index in [4.69, 9.17) is 9.47 Å². The molecule has 0 spiro atoms. The van der Waals surface area contributed by atoms with E-state index < -0.39 is 0 Å². The Hall–Kier alpha value is -3.75. The summed E-state index contributed by atoms with van der Waals surface area (Å²) in [7, 11) is 3.23. The molecule has 0 amide bonds. The first-order valence-electron chi connectivity index (χ1n) is 10.5. The summed E-state index contributed by atoms with van der Waals surface area (Å²) >= 11 is 0. The number of ether oxygens (including phenoxy) is 2. The zero-order valence-corrected chi connectivity index (χ0v) is 18.5. The number of H-pyrrole nitrogens is 1. The molecule has 1 saturated heterocycles. The van der Waals surface area contributed by atoms with E-state index in [0.29, 0.717) is 35.4 Å². The van der Waals surface area contributed by atoms with E-state index in [-0.39, 0.29) is 0 Å². The highest BCUT2D eigenvalue weighted by Crippen LogP contribution is 2.27. The fraction of sp³-hybridized carbons (Fsp3) is 0.375. The lowest BCUT2D eigenvalue weighted by atomic mass is 10.1. The highest BCUT2D eigenvalue weighted by Gasteiger charge is 2.23. The van der Waals surface area contributed by atoms with E-state index in [1.807, 2.05) is 25.1 Å². The number of benzene rings is 1. The van der Waals surface area contributed by atoms with Crippen molar-refractivity contribution in [1.29, 1.82) is 0 Å². The van der Waals surface area contributed by atoms with Crippen LogP contribution in [0, 0.1) is 23.7 Å². The van der Waals surface area contributed by atoms with Gasteiger partial charge in [-0.25, -0.2) is 9.97 Å². The Morgan fingerprint density at radius 3 is 2.72 bits per heavy atom. The zero-order chi connectivity index (χ0) is 22.3. The van der Waals surface area contributed by atoms with E-state index >= 15 is 0 Å². The molecule has 8 nitrogen and oxygen atoms in total. The first kappa shape index (κ1) is 21.5. The van der Waals surface area contributed by atoms with Gasteiger partial charge in [0.05, 0.1) is 26.2 Å². The number of nitrogens with one attached hydrogen (secondary N) is 2. The average Bonchev–Trinajstić information content (AvgIpc) is 3.26. The molecule has 0 saturated carbocycles. The van der Waals surface area contributed by atoms with Gasteiger partial charge in [0.1, 0.15) is 29.3 Å². The third-order valence-corrected chi connectivity index (χ3v) is 5.39. The van der Waals surface area contributed by atoms with Crippen molar-refractivity contribution < 1.29 is 9.47 Å². The normalized spacial score (nSPS) is 15.5. The number of aromatic amines is 1. The molecular formula is C24H26N6O2. The number of rotatable bonds is 5. The summed E-state index contributed by atoms with van der Waals surface area (Å²) in [5.41, 5.74) is 2.06. The van der Waals surface area contributed by atoms with Gasteiger partial charge in [-0.3, -0.25) is 5.10 Å². The first-order chi connectivity index (χ1) is 15.7. The molecule has 2 N–H and O–H groups in total. The van der Waals surface area contributed by atoms with Crippen LogP contribution in [0.4, 0.5) is 5.82 Å². The third-order valence-electron chi connectivity index (χ3n) is 5.39. The Morgan fingerprint density at radius 1 is 1.16 bits per heavy atom. The van der Waals surface area contributed by atoms with Gasteiger partial charge < -0.3 is 19.7 Å². The summed E-state index contributed by atoms with van der Waals surface area (Å²) in [6, 6.07) is 5.90. The molecule has 4 rings (SSSR count). The lowest BCUT2D eigenvalue weighted by molar-refractivity contribution is 0.394. The van der Waals surface area contributed by atoms with Gasteiger partial charge in [0, 0.05) is 30.8 Å². The molecule has 1 aromatic carbocycles. The molecule has 1 atom stereocenters. The number of hydrogen-bond donors (Lipinski definition) is 2. The summed E-state index contributed by atoms with van der Waals surface area (Å²) < 4.78 is 10.7. The van der Waals surface area contributed by atoms with Crippen LogP contribution < -0.4 is 19.7 Å². The minimum atomic E-state index is 0.361. The van der Waals surface area contributed by atoms with Crippen molar-refractivity contribution in [2.24, 2.45) is 0 Å². The van der Waals surface area contributed by atoms with E-state index in [9.17, 15) is 0 Å². The van der Waals surface area contributed by atoms with E-state index in [0.717, 1.165) is 42.7 Å². The summed E-state index contributed by atoms with van der Waals surface area (Å²) in [4.78, 5) is 11.2. The van der Waals surface area contributed by atoms with Crippen LogP contribution in [-0.4, -0.2) is 60.1 Å². The van der Waals surface area contributed by atoms with Crippen molar-refractivity contribution in [2.45, 2.75) is 25.8 Å². The van der Waals surface area contributed by atoms with Gasteiger partial charge in [-0.1, -0.05) is 11.8 Å². The summed E-state index contributed by atoms with van der Waals surface area (Å²) in [6.45, 7) is 4.33. The Bertz CT molecular complexity index is 1190. The smallest absolute Gasteiger partial charge is 0.162 e. The van der Waals surface area contributed by atoms with Crippen LogP contribution in [0.25, 0.3) is 11.0 Å². The zero-order valence-electron chi connectivity index (χ0n) is 18.5. The molecule has 0 aliphatic carbocycles. The Labute approximate surface area is 187 Å². The maximum absolute atomic E-state index is 5.34. The van der Waals surface area contributed by atoms with Crippen molar-refractivity contribution >= 4 is 16.9 Å².